The molecule has 1 fully saturated rings. The Labute approximate surface area is 157 Å². The van der Waals surface area contributed by atoms with Crippen molar-refractivity contribution in [3.05, 3.63) is 29.8 Å². The lowest BCUT2D eigenvalue weighted by Crippen LogP contribution is -2.32. The number of aromatic nitrogens is 4. The summed E-state index contributed by atoms with van der Waals surface area (Å²) in [6.07, 6.45) is 1.53. The van der Waals surface area contributed by atoms with Crippen LogP contribution in [0, 0.1) is 11.3 Å². The van der Waals surface area contributed by atoms with Crippen LogP contribution in [-0.2, 0) is 4.74 Å². The minimum absolute atomic E-state index is 0.221. The van der Waals surface area contributed by atoms with Gasteiger partial charge >= 0.3 is 0 Å². The van der Waals surface area contributed by atoms with Crippen molar-refractivity contribution in [2.24, 2.45) is 0 Å². The Balaban J connectivity index is 0.000000313. The maximum absolute atomic E-state index is 13.3. The van der Waals surface area contributed by atoms with Crippen molar-refractivity contribution < 1.29 is 9.13 Å². The van der Waals surface area contributed by atoms with Crippen molar-refractivity contribution in [3.63, 3.8) is 0 Å². The molecule has 0 bridgehead atoms. The summed E-state index contributed by atoms with van der Waals surface area (Å²) in [6, 6.07) is 3.50. The molecule has 1 aliphatic heterocycles. The topological polar surface area (TPSA) is 112 Å². The fourth-order valence-corrected chi connectivity index (χ4v) is 2.19. The van der Waals surface area contributed by atoms with E-state index in [9.17, 15) is 4.39 Å². The summed E-state index contributed by atoms with van der Waals surface area (Å²) in [7, 11) is 3.79. The summed E-state index contributed by atoms with van der Waals surface area (Å²) in [5.74, 6) is 0.819. The van der Waals surface area contributed by atoms with Crippen LogP contribution in [0.1, 0.15) is 24.5 Å². The van der Waals surface area contributed by atoms with Gasteiger partial charge in [-0.25, -0.2) is 14.4 Å². The van der Waals surface area contributed by atoms with E-state index in [1.807, 2.05) is 6.07 Å². The lowest BCUT2D eigenvalue weighted by molar-refractivity contribution is 0.0503. The molecule has 0 aromatic carbocycles. The number of ether oxygens (including phenoxy) is 1. The Morgan fingerprint density at radius 1 is 1.22 bits per heavy atom. The van der Waals surface area contributed by atoms with Gasteiger partial charge in [0.05, 0.1) is 31.3 Å². The van der Waals surface area contributed by atoms with Crippen LogP contribution in [0.3, 0.4) is 0 Å². The third-order valence-corrected chi connectivity index (χ3v) is 3.73. The minimum atomic E-state index is -1.21. The average molecular weight is 374 g/mol. The van der Waals surface area contributed by atoms with Gasteiger partial charge in [-0.3, -0.25) is 0 Å². The maximum Gasteiger partial charge on any atom is 0.158 e. The van der Waals surface area contributed by atoms with Crippen LogP contribution >= 0.6 is 0 Å². The zero-order valence-corrected chi connectivity index (χ0v) is 15.6. The second-order valence-electron chi connectivity index (χ2n) is 5.83. The highest BCUT2D eigenvalue weighted by atomic mass is 19.1. The summed E-state index contributed by atoms with van der Waals surface area (Å²) in [5.41, 5.74) is 1.00. The van der Waals surface area contributed by atoms with Crippen LogP contribution in [0.2, 0.25) is 0 Å². The Morgan fingerprint density at radius 2 is 1.96 bits per heavy atom. The first-order valence-corrected chi connectivity index (χ1v) is 8.48. The Bertz CT molecular complexity index is 757. The van der Waals surface area contributed by atoms with Gasteiger partial charge in [0.15, 0.2) is 11.5 Å². The predicted octanol–water partition coefficient (Wildman–Crippen LogP) is 1.90. The molecule has 0 amide bonds. The smallest absolute Gasteiger partial charge is 0.158 e. The molecule has 144 valence electrons. The number of likely N-dealkylation sites (N-methyl/N-ethyl adjacent to an activating group) is 1. The molecule has 9 nitrogen and oxygen atoms in total. The third kappa shape index (κ3) is 6.40. The molecular formula is C17H23FN8O. The molecule has 3 rings (SSSR count). The molecule has 0 radical (unpaired) electrons. The normalized spacial score (nSPS) is 15.1. The summed E-state index contributed by atoms with van der Waals surface area (Å²) in [4.78, 5) is 10.1. The number of anilines is 3. The van der Waals surface area contributed by atoms with E-state index in [0.717, 1.165) is 26.3 Å². The van der Waals surface area contributed by atoms with Crippen molar-refractivity contribution >= 4 is 17.3 Å². The quantitative estimate of drug-likeness (QED) is 0.828. The molecule has 1 aliphatic rings. The maximum atomic E-state index is 13.3. The minimum Gasteiger partial charge on any atom is -0.386 e. The van der Waals surface area contributed by atoms with E-state index in [4.69, 9.17) is 10.00 Å². The lowest BCUT2D eigenvalue weighted by Gasteiger charge is -2.21. The van der Waals surface area contributed by atoms with E-state index in [2.05, 4.69) is 42.7 Å². The van der Waals surface area contributed by atoms with Gasteiger partial charge in [-0.2, -0.15) is 5.26 Å². The molecule has 27 heavy (non-hydrogen) atoms. The highest BCUT2D eigenvalue weighted by molar-refractivity contribution is 5.59. The van der Waals surface area contributed by atoms with Gasteiger partial charge in [-0.1, -0.05) is 0 Å². The molecule has 0 spiro atoms. The van der Waals surface area contributed by atoms with E-state index in [1.54, 1.807) is 13.1 Å². The molecule has 3 heterocycles. The largest absolute Gasteiger partial charge is 0.386 e. The second kappa shape index (κ2) is 10.3. The first-order valence-electron chi connectivity index (χ1n) is 8.48. The van der Waals surface area contributed by atoms with Crippen LogP contribution < -0.4 is 10.6 Å². The number of rotatable bonds is 4. The van der Waals surface area contributed by atoms with Gasteiger partial charge in [-0.15, -0.1) is 10.2 Å². The van der Waals surface area contributed by atoms with E-state index in [-0.39, 0.29) is 11.4 Å². The van der Waals surface area contributed by atoms with E-state index in [1.165, 1.54) is 19.3 Å². The summed E-state index contributed by atoms with van der Waals surface area (Å²) < 4.78 is 18.4. The van der Waals surface area contributed by atoms with Gasteiger partial charge in [0.2, 0.25) is 0 Å². The van der Waals surface area contributed by atoms with Crippen LogP contribution in [0.5, 0.6) is 0 Å². The predicted molar refractivity (Wildman–Crippen MR) is 99.4 cm³/mol. The number of morpholine rings is 1. The summed E-state index contributed by atoms with van der Waals surface area (Å²) in [5, 5.41) is 22.1. The number of hydrogen-bond donors (Lipinski definition) is 2. The number of nitrogens with zero attached hydrogens (tertiary/aromatic N) is 6. The van der Waals surface area contributed by atoms with E-state index in [0.29, 0.717) is 17.3 Å². The van der Waals surface area contributed by atoms with Crippen LogP contribution in [0.4, 0.5) is 21.7 Å². The molecule has 0 aliphatic carbocycles. The van der Waals surface area contributed by atoms with E-state index >= 15 is 0 Å². The number of hydrogen-bond acceptors (Lipinski definition) is 9. The molecule has 2 aromatic heterocycles. The SMILES string of the molecule is CN1CCOCC1.CNc1cc(Nc2cnc(C#N)cn2)nnc1C(C)F. The molecule has 2 aromatic rings. The number of nitrogens with one attached hydrogen (secondary N) is 2. The molecular weight excluding hydrogens is 351 g/mol. The van der Waals surface area contributed by atoms with Crippen molar-refractivity contribution in [3.8, 4) is 6.07 Å². The summed E-state index contributed by atoms with van der Waals surface area (Å²) in [6.45, 7) is 5.41. The Morgan fingerprint density at radius 3 is 2.44 bits per heavy atom. The van der Waals surface area contributed by atoms with Gasteiger partial charge in [0.1, 0.15) is 23.8 Å². The molecule has 1 atom stereocenters. The molecule has 0 saturated carbocycles. The van der Waals surface area contributed by atoms with Gasteiger partial charge in [-0.05, 0) is 14.0 Å². The van der Waals surface area contributed by atoms with Crippen molar-refractivity contribution in [2.75, 3.05) is 51.0 Å². The average Bonchev–Trinajstić information content (AvgIpc) is 2.69. The first kappa shape index (κ1) is 20.4. The third-order valence-electron chi connectivity index (χ3n) is 3.73. The van der Waals surface area contributed by atoms with Crippen molar-refractivity contribution in [1.82, 2.24) is 25.1 Å². The van der Waals surface area contributed by atoms with E-state index < -0.39 is 6.17 Å². The monoisotopic (exact) mass is 374 g/mol. The zero-order chi connectivity index (χ0) is 19.6. The molecule has 2 N–H and O–H groups in total. The van der Waals surface area contributed by atoms with Gasteiger partial charge in [0, 0.05) is 26.2 Å². The lowest BCUT2D eigenvalue weighted by atomic mass is 10.2. The molecule has 10 heteroatoms. The zero-order valence-electron chi connectivity index (χ0n) is 15.6. The van der Waals surface area contributed by atoms with Crippen LogP contribution in [0.25, 0.3) is 0 Å². The number of nitriles is 1. The highest BCUT2D eigenvalue weighted by Crippen LogP contribution is 2.24. The van der Waals surface area contributed by atoms with Gasteiger partial charge in [0.25, 0.3) is 0 Å². The molecule has 1 unspecified atom stereocenters. The van der Waals surface area contributed by atoms with Crippen molar-refractivity contribution in [2.45, 2.75) is 13.1 Å². The Hall–Kier alpha value is -2.90. The molecule has 1 saturated heterocycles. The fraction of sp³-hybridized carbons (Fsp3) is 0.471. The number of alkyl halides is 1. The van der Waals surface area contributed by atoms with Crippen molar-refractivity contribution in [1.29, 1.82) is 5.26 Å². The number of halogens is 1. The van der Waals surface area contributed by atoms with Crippen LogP contribution in [-0.4, -0.2) is 65.5 Å². The second-order valence-corrected chi connectivity index (χ2v) is 5.83. The fourth-order valence-electron chi connectivity index (χ4n) is 2.19. The standard InChI is InChI=1S/C12H12FN7.C5H11NO/c1-7(13)12-9(15-2)3-10(19-20-12)18-11-6-16-8(4-14)5-17-11;1-6-2-4-7-5-3-6/h3,5-7H,1-2H3,(H2,15,17,18,19);2-5H2,1H3. The summed E-state index contributed by atoms with van der Waals surface area (Å²) >= 11 is 0. The highest BCUT2D eigenvalue weighted by Gasteiger charge is 2.12. The first-order chi connectivity index (χ1) is 13.0. The van der Waals surface area contributed by atoms with Crippen LogP contribution in [0.15, 0.2) is 18.5 Å². The Kier molecular flexibility index (Phi) is 7.79. The van der Waals surface area contributed by atoms with Gasteiger partial charge < -0.3 is 20.3 Å².